The summed E-state index contributed by atoms with van der Waals surface area (Å²) >= 11 is 0. The van der Waals surface area contributed by atoms with Crippen LogP contribution in [-0.2, 0) is 0 Å². The van der Waals surface area contributed by atoms with Crippen molar-refractivity contribution in [2.24, 2.45) is 0 Å². The third-order valence-corrected chi connectivity index (χ3v) is 2.58. The number of ether oxygens (including phenoxy) is 1. The lowest BCUT2D eigenvalue weighted by Gasteiger charge is -2.21. The van der Waals surface area contributed by atoms with E-state index in [2.05, 4.69) is 9.88 Å². The maximum absolute atomic E-state index is 9.52. The Hall–Kier alpha value is -1.29. The zero-order valence-corrected chi connectivity index (χ0v) is 9.76. The molecule has 0 aromatic carbocycles. The summed E-state index contributed by atoms with van der Waals surface area (Å²) in [6.45, 7) is 5.48. The summed E-state index contributed by atoms with van der Waals surface area (Å²) in [4.78, 5) is 6.41. The van der Waals surface area contributed by atoms with Gasteiger partial charge in [-0.05, 0) is 32.4 Å². The monoisotopic (exact) mass is 222 g/mol. The SMILES string of the molecule is CC(C)Oc1cccnc1N1CCC(O)C1. The van der Waals surface area contributed by atoms with Crippen molar-refractivity contribution in [2.45, 2.75) is 32.5 Å². The molecule has 0 aliphatic carbocycles. The molecule has 2 heterocycles. The molecule has 1 aliphatic rings. The number of β-amino-alcohol motifs (C(OH)–C–C–N with tert-alkyl or cyclic N) is 1. The highest BCUT2D eigenvalue weighted by Gasteiger charge is 2.23. The number of hydrogen-bond acceptors (Lipinski definition) is 4. The molecule has 4 heteroatoms. The topological polar surface area (TPSA) is 45.6 Å². The van der Waals surface area contributed by atoms with E-state index >= 15 is 0 Å². The van der Waals surface area contributed by atoms with E-state index < -0.39 is 0 Å². The van der Waals surface area contributed by atoms with Gasteiger partial charge in [-0.3, -0.25) is 0 Å². The predicted molar refractivity (Wildman–Crippen MR) is 62.8 cm³/mol. The van der Waals surface area contributed by atoms with Gasteiger partial charge < -0.3 is 14.7 Å². The van der Waals surface area contributed by atoms with Crippen LogP contribution in [0.4, 0.5) is 5.82 Å². The number of aliphatic hydroxyl groups excluding tert-OH is 1. The second kappa shape index (κ2) is 4.70. The molecule has 0 amide bonds. The minimum Gasteiger partial charge on any atom is -0.487 e. The van der Waals surface area contributed by atoms with Crippen LogP contribution < -0.4 is 9.64 Å². The lowest BCUT2D eigenvalue weighted by molar-refractivity contribution is 0.198. The van der Waals surface area contributed by atoms with Crippen molar-refractivity contribution in [3.05, 3.63) is 18.3 Å². The molecule has 1 fully saturated rings. The first-order valence-corrected chi connectivity index (χ1v) is 5.71. The molecule has 4 nitrogen and oxygen atoms in total. The van der Waals surface area contributed by atoms with Gasteiger partial charge in [0.1, 0.15) is 0 Å². The molecule has 0 bridgehead atoms. The van der Waals surface area contributed by atoms with E-state index in [9.17, 15) is 5.11 Å². The van der Waals surface area contributed by atoms with Gasteiger partial charge in [0, 0.05) is 19.3 Å². The van der Waals surface area contributed by atoms with E-state index in [1.54, 1.807) is 6.20 Å². The summed E-state index contributed by atoms with van der Waals surface area (Å²) < 4.78 is 5.71. The molecular formula is C12H18N2O2. The number of rotatable bonds is 3. The minimum atomic E-state index is -0.242. The van der Waals surface area contributed by atoms with Crippen LogP contribution in [0.3, 0.4) is 0 Å². The minimum absolute atomic E-state index is 0.135. The van der Waals surface area contributed by atoms with Gasteiger partial charge in [0.2, 0.25) is 0 Å². The quantitative estimate of drug-likeness (QED) is 0.840. The van der Waals surface area contributed by atoms with Gasteiger partial charge in [-0.25, -0.2) is 4.98 Å². The predicted octanol–water partition coefficient (Wildman–Crippen LogP) is 1.44. The van der Waals surface area contributed by atoms with Crippen LogP contribution in [0.1, 0.15) is 20.3 Å². The first-order chi connectivity index (χ1) is 7.66. The lowest BCUT2D eigenvalue weighted by Crippen LogP contribution is -2.23. The molecule has 1 aliphatic heterocycles. The molecule has 0 radical (unpaired) electrons. The van der Waals surface area contributed by atoms with Crippen molar-refractivity contribution in [2.75, 3.05) is 18.0 Å². The number of hydrogen-bond donors (Lipinski definition) is 1. The van der Waals surface area contributed by atoms with Crippen LogP contribution in [0.15, 0.2) is 18.3 Å². The van der Waals surface area contributed by atoms with Crippen molar-refractivity contribution < 1.29 is 9.84 Å². The van der Waals surface area contributed by atoms with Crippen molar-refractivity contribution >= 4 is 5.82 Å². The molecule has 1 saturated heterocycles. The van der Waals surface area contributed by atoms with E-state index in [-0.39, 0.29) is 12.2 Å². The van der Waals surface area contributed by atoms with Gasteiger partial charge in [0.05, 0.1) is 12.2 Å². The fourth-order valence-corrected chi connectivity index (χ4v) is 1.90. The Morgan fingerprint density at radius 3 is 3.00 bits per heavy atom. The average Bonchev–Trinajstić information content (AvgIpc) is 2.65. The molecule has 1 atom stereocenters. The second-order valence-electron chi connectivity index (χ2n) is 4.38. The number of aromatic nitrogens is 1. The van der Waals surface area contributed by atoms with E-state index in [1.165, 1.54) is 0 Å². The Kier molecular flexibility index (Phi) is 3.29. The standard InChI is InChI=1S/C12H18N2O2/c1-9(2)16-11-4-3-6-13-12(11)14-7-5-10(15)8-14/h3-4,6,9-10,15H,5,7-8H2,1-2H3. The Morgan fingerprint density at radius 1 is 1.56 bits per heavy atom. The number of nitrogens with zero attached hydrogens (tertiary/aromatic N) is 2. The number of aliphatic hydroxyl groups is 1. The highest BCUT2D eigenvalue weighted by atomic mass is 16.5. The molecule has 0 saturated carbocycles. The molecule has 88 valence electrons. The third kappa shape index (κ3) is 2.44. The fourth-order valence-electron chi connectivity index (χ4n) is 1.90. The van der Waals surface area contributed by atoms with Crippen LogP contribution in [0, 0.1) is 0 Å². The van der Waals surface area contributed by atoms with Gasteiger partial charge in [0.25, 0.3) is 0 Å². The molecular weight excluding hydrogens is 204 g/mol. The lowest BCUT2D eigenvalue weighted by atomic mass is 10.3. The highest BCUT2D eigenvalue weighted by molar-refractivity contribution is 5.52. The van der Waals surface area contributed by atoms with Crippen molar-refractivity contribution in [1.82, 2.24) is 4.98 Å². The first kappa shape index (κ1) is 11.2. The van der Waals surface area contributed by atoms with Gasteiger partial charge in [-0.2, -0.15) is 0 Å². The van der Waals surface area contributed by atoms with Crippen molar-refractivity contribution in [1.29, 1.82) is 0 Å². The molecule has 1 N–H and O–H groups in total. The maximum atomic E-state index is 9.52. The van der Waals surface area contributed by atoms with Gasteiger partial charge in [-0.15, -0.1) is 0 Å². The van der Waals surface area contributed by atoms with Gasteiger partial charge >= 0.3 is 0 Å². The Labute approximate surface area is 95.9 Å². The molecule has 1 aromatic rings. The largest absolute Gasteiger partial charge is 0.487 e. The fraction of sp³-hybridized carbons (Fsp3) is 0.583. The summed E-state index contributed by atoms with van der Waals surface area (Å²) in [5.74, 6) is 1.64. The third-order valence-electron chi connectivity index (χ3n) is 2.58. The smallest absolute Gasteiger partial charge is 0.171 e. The Balaban J connectivity index is 2.19. The second-order valence-corrected chi connectivity index (χ2v) is 4.38. The van der Waals surface area contributed by atoms with Gasteiger partial charge in [-0.1, -0.05) is 0 Å². The number of anilines is 1. The maximum Gasteiger partial charge on any atom is 0.171 e. The van der Waals surface area contributed by atoms with E-state index in [0.29, 0.717) is 6.54 Å². The van der Waals surface area contributed by atoms with Crippen LogP contribution >= 0.6 is 0 Å². The Bertz CT molecular complexity index is 355. The summed E-state index contributed by atoms with van der Waals surface area (Å²) in [5, 5.41) is 9.52. The zero-order valence-electron chi connectivity index (χ0n) is 9.76. The van der Waals surface area contributed by atoms with Crippen LogP contribution in [0.5, 0.6) is 5.75 Å². The summed E-state index contributed by atoms with van der Waals surface area (Å²) in [6.07, 6.45) is 2.45. The summed E-state index contributed by atoms with van der Waals surface area (Å²) in [5.41, 5.74) is 0. The summed E-state index contributed by atoms with van der Waals surface area (Å²) in [7, 11) is 0. The summed E-state index contributed by atoms with van der Waals surface area (Å²) in [6, 6.07) is 3.79. The number of pyridine rings is 1. The van der Waals surface area contributed by atoms with E-state index in [4.69, 9.17) is 4.74 Å². The zero-order chi connectivity index (χ0) is 11.5. The van der Waals surface area contributed by atoms with Gasteiger partial charge in [0.15, 0.2) is 11.6 Å². The molecule has 1 aromatic heterocycles. The van der Waals surface area contributed by atoms with Crippen LogP contribution in [0.25, 0.3) is 0 Å². The molecule has 16 heavy (non-hydrogen) atoms. The Morgan fingerprint density at radius 2 is 2.38 bits per heavy atom. The first-order valence-electron chi connectivity index (χ1n) is 5.71. The average molecular weight is 222 g/mol. The molecule has 2 rings (SSSR count). The van der Waals surface area contributed by atoms with Crippen molar-refractivity contribution in [3.63, 3.8) is 0 Å². The van der Waals surface area contributed by atoms with E-state index in [0.717, 1.165) is 24.5 Å². The van der Waals surface area contributed by atoms with Crippen molar-refractivity contribution in [3.8, 4) is 5.75 Å². The van der Waals surface area contributed by atoms with E-state index in [1.807, 2.05) is 26.0 Å². The highest BCUT2D eigenvalue weighted by Crippen LogP contribution is 2.28. The van der Waals surface area contributed by atoms with Crippen LogP contribution in [0.2, 0.25) is 0 Å². The normalized spacial score (nSPS) is 20.5. The molecule has 1 unspecified atom stereocenters. The molecule has 0 spiro atoms. The van der Waals surface area contributed by atoms with Crippen LogP contribution in [-0.4, -0.2) is 35.4 Å².